The lowest BCUT2D eigenvalue weighted by molar-refractivity contribution is 0.0994. The van der Waals surface area contributed by atoms with E-state index in [-0.39, 0.29) is 18.2 Å². The van der Waals surface area contributed by atoms with E-state index in [9.17, 15) is 9.18 Å². The number of carbonyl (C=O) groups excluding carboxylic acids is 1. The van der Waals surface area contributed by atoms with E-state index >= 15 is 0 Å². The SMILES string of the molecule is O=C1CCc2cc(OCc3c(F)cccc3Cl)ccc21. The number of fused-ring (bicyclic) bond motifs is 1. The van der Waals surface area contributed by atoms with Gasteiger partial charge in [-0.25, -0.2) is 4.39 Å². The van der Waals surface area contributed by atoms with Crippen molar-refractivity contribution in [1.29, 1.82) is 0 Å². The summed E-state index contributed by atoms with van der Waals surface area (Å²) in [7, 11) is 0. The summed E-state index contributed by atoms with van der Waals surface area (Å²) in [5.41, 5.74) is 2.10. The molecule has 0 amide bonds. The van der Waals surface area contributed by atoms with Crippen molar-refractivity contribution in [2.24, 2.45) is 0 Å². The summed E-state index contributed by atoms with van der Waals surface area (Å²) in [5, 5.41) is 0.348. The Morgan fingerprint density at radius 1 is 1.20 bits per heavy atom. The van der Waals surface area contributed by atoms with Gasteiger partial charge >= 0.3 is 0 Å². The highest BCUT2D eigenvalue weighted by atomic mass is 35.5. The van der Waals surface area contributed by atoms with Crippen LogP contribution in [0, 0.1) is 5.82 Å². The maximum absolute atomic E-state index is 13.6. The van der Waals surface area contributed by atoms with Crippen molar-refractivity contribution < 1.29 is 13.9 Å². The number of ketones is 1. The lowest BCUT2D eigenvalue weighted by Gasteiger charge is -2.09. The zero-order chi connectivity index (χ0) is 14.1. The Morgan fingerprint density at radius 2 is 2.05 bits per heavy atom. The van der Waals surface area contributed by atoms with Crippen LogP contribution in [-0.4, -0.2) is 5.78 Å². The van der Waals surface area contributed by atoms with E-state index in [1.165, 1.54) is 6.07 Å². The second-order valence-corrected chi connectivity index (χ2v) is 5.14. The van der Waals surface area contributed by atoms with E-state index in [0.29, 0.717) is 22.8 Å². The summed E-state index contributed by atoms with van der Waals surface area (Å²) in [6, 6.07) is 9.88. The maximum Gasteiger partial charge on any atom is 0.163 e. The Hall–Kier alpha value is -1.87. The third kappa shape index (κ3) is 2.41. The van der Waals surface area contributed by atoms with Gasteiger partial charge in [-0.05, 0) is 42.3 Å². The fourth-order valence-electron chi connectivity index (χ4n) is 2.35. The summed E-state index contributed by atoms with van der Waals surface area (Å²) in [5.74, 6) is 0.412. The molecule has 2 aromatic carbocycles. The van der Waals surface area contributed by atoms with Crippen LogP contribution in [0.4, 0.5) is 4.39 Å². The fraction of sp³-hybridized carbons (Fsp3) is 0.188. The normalized spacial score (nSPS) is 13.4. The summed E-state index contributed by atoms with van der Waals surface area (Å²) >= 11 is 5.94. The third-order valence-electron chi connectivity index (χ3n) is 3.44. The zero-order valence-corrected chi connectivity index (χ0v) is 11.4. The molecular formula is C16H12ClFO2. The Kier molecular flexibility index (Phi) is 3.45. The predicted molar refractivity (Wildman–Crippen MR) is 74.8 cm³/mol. The molecule has 3 rings (SSSR count). The molecule has 0 saturated heterocycles. The number of hydrogen-bond acceptors (Lipinski definition) is 2. The van der Waals surface area contributed by atoms with E-state index in [4.69, 9.17) is 16.3 Å². The number of carbonyl (C=O) groups is 1. The van der Waals surface area contributed by atoms with Gasteiger partial charge in [0.05, 0.1) is 5.02 Å². The Bertz CT molecular complexity index is 662. The minimum Gasteiger partial charge on any atom is -0.489 e. The summed E-state index contributed by atoms with van der Waals surface area (Å²) < 4.78 is 19.2. The first-order valence-electron chi connectivity index (χ1n) is 6.37. The summed E-state index contributed by atoms with van der Waals surface area (Å²) in [4.78, 5) is 11.5. The number of Topliss-reactive ketones (excluding diaryl/α,β-unsaturated/α-hetero) is 1. The quantitative estimate of drug-likeness (QED) is 0.847. The van der Waals surface area contributed by atoms with Gasteiger partial charge in [0.1, 0.15) is 18.2 Å². The second-order valence-electron chi connectivity index (χ2n) is 4.73. The van der Waals surface area contributed by atoms with Crippen LogP contribution in [0.25, 0.3) is 0 Å². The first kappa shape index (κ1) is 13.1. The molecule has 1 aliphatic rings. The zero-order valence-electron chi connectivity index (χ0n) is 10.7. The molecule has 0 atom stereocenters. The van der Waals surface area contributed by atoms with Crippen LogP contribution in [0.15, 0.2) is 36.4 Å². The van der Waals surface area contributed by atoms with Crippen molar-refractivity contribution in [2.45, 2.75) is 19.4 Å². The van der Waals surface area contributed by atoms with Crippen molar-refractivity contribution in [3.8, 4) is 5.75 Å². The van der Waals surface area contributed by atoms with Crippen molar-refractivity contribution >= 4 is 17.4 Å². The molecule has 2 aromatic rings. The third-order valence-corrected chi connectivity index (χ3v) is 3.80. The molecule has 4 heteroatoms. The predicted octanol–water partition coefficient (Wildman–Crippen LogP) is 4.19. The standard InChI is InChI=1S/C16H12ClFO2/c17-14-2-1-3-15(18)13(14)9-20-11-5-6-12-10(8-11)4-7-16(12)19/h1-3,5-6,8H,4,7,9H2. The molecule has 0 unspecified atom stereocenters. The van der Waals surface area contributed by atoms with Gasteiger partial charge in [0.15, 0.2) is 5.78 Å². The van der Waals surface area contributed by atoms with Gasteiger partial charge in [-0.1, -0.05) is 17.7 Å². The van der Waals surface area contributed by atoms with Crippen LogP contribution in [0.3, 0.4) is 0 Å². The van der Waals surface area contributed by atoms with E-state index in [2.05, 4.69) is 0 Å². The molecule has 0 heterocycles. The number of hydrogen-bond donors (Lipinski definition) is 0. The van der Waals surface area contributed by atoms with Gasteiger partial charge in [-0.15, -0.1) is 0 Å². The topological polar surface area (TPSA) is 26.3 Å². The number of benzene rings is 2. The van der Waals surface area contributed by atoms with Crippen LogP contribution in [0.1, 0.15) is 27.9 Å². The van der Waals surface area contributed by atoms with Crippen LogP contribution >= 0.6 is 11.6 Å². The summed E-state index contributed by atoms with van der Waals surface area (Å²) in [6.45, 7) is 0.0677. The highest BCUT2D eigenvalue weighted by molar-refractivity contribution is 6.31. The number of halogens is 2. The minimum absolute atomic E-state index is 0.0677. The van der Waals surface area contributed by atoms with E-state index in [1.807, 2.05) is 6.07 Å². The van der Waals surface area contributed by atoms with Crippen LogP contribution in [0.2, 0.25) is 5.02 Å². The Morgan fingerprint density at radius 3 is 2.85 bits per heavy atom. The van der Waals surface area contributed by atoms with E-state index in [0.717, 1.165) is 17.5 Å². The molecule has 0 saturated carbocycles. The molecule has 2 nitrogen and oxygen atoms in total. The van der Waals surface area contributed by atoms with Gasteiger partial charge in [0.25, 0.3) is 0 Å². The Labute approximate surface area is 121 Å². The van der Waals surface area contributed by atoms with Crippen LogP contribution in [0.5, 0.6) is 5.75 Å². The lowest BCUT2D eigenvalue weighted by atomic mass is 10.1. The molecule has 0 radical (unpaired) electrons. The van der Waals surface area contributed by atoms with Gasteiger partial charge < -0.3 is 4.74 Å². The molecule has 0 N–H and O–H groups in total. The van der Waals surface area contributed by atoms with Gasteiger partial charge in [0.2, 0.25) is 0 Å². The highest BCUT2D eigenvalue weighted by Gasteiger charge is 2.19. The molecular weight excluding hydrogens is 279 g/mol. The van der Waals surface area contributed by atoms with Crippen molar-refractivity contribution in [1.82, 2.24) is 0 Å². The molecule has 102 valence electrons. The van der Waals surface area contributed by atoms with E-state index < -0.39 is 0 Å². The smallest absolute Gasteiger partial charge is 0.163 e. The van der Waals surface area contributed by atoms with Gasteiger partial charge in [-0.2, -0.15) is 0 Å². The molecule has 0 aliphatic heterocycles. The average Bonchev–Trinajstić information content (AvgIpc) is 2.79. The monoisotopic (exact) mass is 290 g/mol. The number of rotatable bonds is 3. The molecule has 0 bridgehead atoms. The minimum atomic E-state index is -0.381. The van der Waals surface area contributed by atoms with Crippen molar-refractivity contribution in [3.63, 3.8) is 0 Å². The van der Waals surface area contributed by atoms with Crippen LogP contribution in [-0.2, 0) is 13.0 Å². The first-order valence-corrected chi connectivity index (χ1v) is 6.75. The fourth-order valence-corrected chi connectivity index (χ4v) is 2.56. The van der Waals surface area contributed by atoms with Gasteiger partial charge in [-0.3, -0.25) is 4.79 Å². The highest BCUT2D eigenvalue weighted by Crippen LogP contribution is 2.27. The second kappa shape index (κ2) is 5.25. The Balaban J connectivity index is 1.78. The number of aryl methyl sites for hydroxylation is 1. The number of ether oxygens (including phenoxy) is 1. The maximum atomic E-state index is 13.6. The first-order chi connectivity index (χ1) is 9.65. The van der Waals surface area contributed by atoms with Crippen molar-refractivity contribution in [2.75, 3.05) is 0 Å². The molecule has 20 heavy (non-hydrogen) atoms. The lowest BCUT2D eigenvalue weighted by Crippen LogP contribution is -2.00. The molecule has 1 aliphatic carbocycles. The van der Waals surface area contributed by atoms with Crippen molar-refractivity contribution in [3.05, 3.63) is 63.9 Å². The molecule has 0 aromatic heterocycles. The summed E-state index contributed by atoms with van der Waals surface area (Å²) in [6.07, 6.45) is 1.30. The molecule has 0 fully saturated rings. The average molecular weight is 291 g/mol. The molecule has 0 spiro atoms. The van der Waals surface area contributed by atoms with Gasteiger partial charge in [0, 0.05) is 17.5 Å². The van der Waals surface area contributed by atoms with E-state index in [1.54, 1.807) is 24.3 Å². The van der Waals surface area contributed by atoms with Crippen LogP contribution < -0.4 is 4.74 Å². The largest absolute Gasteiger partial charge is 0.489 e.